The van der Waals surface area contributed by atoms with Crippen molar-refractivity contribution in [2.24, 2.45) is 23.7 Å². The molecule has 0 aliphatic heterocycles. The summed E-state index contributed by atoms with van der Waals surface area (Å²) in [6, 6.07) is 0. The largest absolute Gasteiger partial charge is 0.472 e. The molecule has 3 unspecified atom stereocenters. The molecule has 17 nitrogen and oxygen atoms in total. The van der Waals surface area contributed by atoms with Crippen LogP contribution < -0.4 is 0 Å². The van der Waals surface area contributed by atoms with Crippen LogP contribution in [-0.4, -0.2) is 96.7 Å². The Bertz CT molecular complexity index is 1850. The number of rotatable bonds is 72. The molecule has 558 valence electrons. The number of esters is 4. The summed E-state index contributed by atoms with van der Waals surface area (Å²) in [6.07, 6.45) is 48.7. The summed E-state index contributed by atoms with van der Waals surface area (Å²) in [7, 11) is -9.91. The highest BCUT2D eigenvalue weighted by atomic mass is 31.2. The molecule has 19 heteroatoms. The van der Waals surface area contributed by atoms with Crippen molar-refractivity contribution >= 4 is 39.5 Å². The van der Waals surface area contributed by atoms with E-state index in [2.05, 4.69) is 55.4 Å². The van der Waals surface area contributed by atoms with E-state index in [1.54, 1.807) is 0 Å². The minimum absolute atomic E-state index is 0.105. The van der Waals surface area contributed by atoms with E-state index in [1.165, 1.54) is 173 Å². The maximum Gasteiger partial charge on any atom is 0.472 e. The summed E-state index contributed by atoms with van der Waals surface area (Å²) in [4.78, 5) is 72.7. The lowest BCUT2D eigenvalue weighted by atomic mass is 10.0. The summed E-state index contributed by atoms with van der Waals surface area (Å²) in [6.45, 7) is 14.1. The standard InChI is InChI=1S/C75H146O17P2/c1-65(2)51-43-35-27-20-16-13-11-9-10-12-14-18-22-32-41-49-57-74(79)92-71(62-86-73(78)56-48-40-34-26-30-38-46-54-68(7)8)64-90-94(83,84)88-60-69(76)59-87-93(81,82)89-63-70(61-85-72(77)55-47-39-31-25-24-29-37-45-53-67(5)6)91-75(80)58-50-42-33-23-19-15-17-21-28-36-44-52-66(3)4/h65-71,76H,9-64H2,1-8H3,(H,81,82)(H,83,84)/t69?,70-,71-/m1/s1. The van der Waals surface area contributed by atoms with Crippen molar-refractivity contribution in [1.82, 2.24) is 0 Å². The Labute approximate surface area is 575 Å². The number of carbonyl (C=O) groups is 4. The molecule has 0 saturated carbocycles. The van der Waals surface area contributed by atoms with E-state index < -0.39 is 97.5 Å². The second kappa shape index (κ2) is 64.4. The van der Waals surface area contributed by atoms with Gasteiger partial charge in [-0.2, -0.15) is 0 Å². The molecule has 0 aromatic rings. The molecule has 3 N–H and O–H groups in total. The molecule has 0 aliphatic rings. The van der Waals surface area contributed by atoms with Gasteiger partial charge in [-0.15, -0.1) is 0 Å². The zero-order valence-corrected chi connectivity index (χ0v) is 63.4. The van der Waals surface area contributed by atoms with Gasteiger partial charge in [0.25, 0.3) is 0 Å². The maximum atomic E-state index is 13.1. The third-order valence-corrected chi connectivity index (χ3v) is 19.2. The molecule has 0 spiro atoms. The fourth-order valence-electron chi connectivity index (χ4n) is 11.4. The molecule has 0 radical (unpaired) electrons. The van der Waals surface area contributed by atoms with Crippen molar-refractivity contribution < 1.29 is 80.2 Å². The van der Waals surface area contributed by atoms with E-state index in [-0.39, 0.29) is 25.7 Å². The van der Waals surface area contributed by atoms with Gasteiger partial charge in [0.1, 0.15) is 19.3 Å². The molecule has 0 aliphatic carbocycles. The fraction of sp³-hybridized carbons (Fsp3) is 0.947. The predicted octanol–water partition coefficient (Wildman–Crippen LogP) is 21.7. The highest BCUT2D eigenvalue weighted by Crippen LogP contribution is 2.45. The van der Waals surface area contributed by atoms with Gasteiger partial charge in [-0.25, -0.2) is 9.13 Å². The van der Waals surface area contributed by atoms with Crippen LogP contribution in [0.1, 0.15) is 376 Å². The molecule has 0 rings (SSSR count). The van der Waals surface area contributed by atoms with Gasteiger partial charge in [0.15, 0.2) is 12.2 Å². The molecule has 0 saturated heterocycles. The highest BCUT2D eigenvalue weighted by molar-refractivity contribution is 7.47. The fourth-order valence-corrected chi connectivity index (χ4v) is 13.0. The van der Waals surface area contributed by atoms with Crippen LogP contribution in [0.5, 0.6) is 0 Å². The van der Waals surface area contributed by atoms with E-state index in [4.69, 9.17) is 37.0 Å². The van der Waals surface area contributed by atoms with Gasteiger partial charge >= 0.3 is 39.5 Å². The summed E-state index contributed by atoms with van der Waals surface area (Å²) in [5, 5.41) is 10.6. The third-order valence-electron chi connectivity index (χ3n) is 17.3. The molecule has 94 heavy (non-hydrogen) atoms. The SMILES string of the molecule is CC(C)CCCCCCCCCCCCCCCCCCC(=O)O[C@H](COC(=O)CCCCCCCCCC(C)C)COP(=O)(O)OCC(O)COP(=O)(O)OC[C@@H](COC(=O)CCCCCCCCCCC(C)C)OC(=O)CCCCCCCCCCCCCC(C)C. The smallest absolute Gasteiger partial charge is 0.462 e. The van der Waals surface area contributed by atoms with Crippen molar-refractivity contribution in [1.29, 1.82) is 0 Å². The number of unbranched alkanes of at least 4 members (excludes halogenated alkanes) is 38. The van der Waals surface area contributed by atoms with E-state index in [0.717, 1.165) is 114 Å². The van der Waals surface area contributed by atoms with Crippen LogP contribution in [0.3, 0.4) is 0 Å². The number of phosphoric acid groups is 2. The average Bonchev–Trinajstić information content (AvgIpc) is 1.72. The number of hydrogen-bond donors (Lipinski definition) is 3. The maximum absolute atomic E-state index is 13.1. The van der Waals surface area contributed by atoms with Crippen molar-refractivity contribution in [3.05, 3.63) is 0 Å². The number of ether oxygens (including phenoxy) is 4. The average molecular weight is 1380 g/mol. The molecule has 0 aromatic heterocycles. The molecule has 0 heterocycles. The predicted molar refractivity (Wildman–Crippen MR) is 381 cm³/mol. The van der Waals surface area contributed by atoms with Crippen LogP contribution in [0.2, 0.25) is 0 Å². The first-order chi connectivity index (χ1) is 45.1. The molecular weight excluding hydrogens is 1230 g/mol. The summed E-state index contributed by atoms with van der Waals surface area (Å²) in [5.74, 6) is 0.882. The molecule has 0 bridgehead atoms. The van der Waals surface area contributed by atoms with Gasteiger partial charge in [0.2, 0.25) is 0 Å². The first kappa shape index (κ1) is 92.1. The van der Waals surface area contributed by atoms with Gasteiger partial charge in [0.05, 0.1) is 26.4 Å². The summed E-state index contributed by atoms with van der Waals surface area (Å²) < 4.78 is 68.5. The topological polar surface area (TPSA) is 237 Å². The summed E-state index contributed by atoms with van der Waals surface area (Å²) in [5.41, 5.74) is 0. The van der Waals surface area contributed by atoms with E-state index in [9.17, 15) is 43.2 Å². The second-order valence-electron chi connectivity index (χ2n) is 28.9. The van der Waals surface area contributed by atoms with E-state index in [0.29, 0.717) is 31.6 Å². The number of aliphatic hydroxyl groups excluding tert-OH is 1. The second-order valence-corrected chi connectivity index (χ2v) is 31.9. The van der Waals surface area contributed by atoms with Gasteiger partial charge in [0, 0.05) is 25.7 Å². The van der Waals surface area contributed by atoms with Crippen LogP contribution in [0, 0.1) is 23.7 Å². The van der Waals surface area contributed by atoms with Crippen LogP contribution >= 0.6 is 15.6 Å². The summed E-state index contributed by atoms with van der Waals surface area (Å²) >= 11 is 0. The Balaban J connectivity index is 5.22. The quantitative estimate of drug-likeness (QED) is 0.0222. The molecule has 0 aromatic carbocycles. The lowest BCUT2D eigenvalue weighted by molar-refractivity contribution is -0.161. The number of aliphatic hydroxyl groups is 1. The lowest BCUT2D eigenvalue weighted by Crippen LogP contribution is -2.30. The zero-order valence-electron chi connectivity index (χ0n) is 61.6. The Morgan fingerprint density at radius 2 is 0.447 bits per heavy atom. The minimum Gasteiger partial charge on any atom is -0.462 e. The normalized spacial score (nSPS) is 14.2. The number of hydrogen-bond acceptors (Lipinski definition) is 15. The monoisotopic (exact) mass is 1380 g/mol. The van der Waals surface area contributed by atoms with Crippen molar-refractivity contribution in [2.75, 3.05) is 39.6 Å². The Hall–Kier alpha value is -1.94. The van der Waals surface area contributed by atoms with Crippen LogP contribution in [0.4, 0.5) is 0 Å². The third kappa shape index (κ3) is 68.6. The Morgan fingerprint density at radius 1 is 0.266 bits per heavy atom. The van der Waals surface area contributed by atoms with Gasteiger partial charge in [-0.05, 0) is 49.4 Å². The first-order valence-electron chi connectivity index (χ1n) is 38.7. The van der Waals surface area contributed by atoms with Crippen LogP contribution in [0.15, 0.2) is 0 Å². The zero-order chi connectivity index (χ0) is 69.6. The molecule has 0 fully saturated rings. The molecule has 5 atom stereocenters. The van der Waals surface area contributed by atoms with E-state index >= 15 is 0 Å². The number of phosphoric ester groups is 2. The number of carbonyl (C=O) groups excluding carboxylic acids is 4. The van der Waals surface area contributed by atoms with Crippen LogP contribution in [0.25, 0.3) is 0 Å². The Kier molecular flexibility index (Phi) is 63.1. The molecule has 0 amide bonds. The van der Waals surface area contributed by atoms with Crippen molar-refractivity contribution in [2.45, 2.75) is 395 Å². The van der Waals surface area contributed by atoms with Gasteiger partial charge in [-0.3, -0.25) is 37.3 Å². The van der Waals surface area contributed by atoms with Crippen LogP contribution in [-0.2, 0) is 65.4 Å². The lowest BCUT2D eigenvalue weighted by Gasteiger charge is -2.21. The van der Waals surface area contributed by atoms with E-state index in [1.807, 2.05) is 0 Å². The highest BCUT2D eigenvalue weighted by Gasteiger charge is 2.30. The van der Waals surface area contributed by atoms with Gasteiger partial charge in [-0.1, -0.05) is 325 Å². The van der Waals surface area contributed by atoms with Gasteiger partial charge < -0.3 is 33.8 Å². The van der Waals surface area contributed by atoms with Crippen molar-refractivity contribution in [3.63, 3.8) is 0 Å². The molecular formula is C75H146O17P2. The minimum atomic E-state index is -4.96. The first-order valence-corrected chi connectivity index (χ1v) is 41.7. The Morgan fingerprint density at radius 3 is 0.660 bits per heavy atom. The van der Waals surface area contributed by atoms with Crippen molar-refractivity contribution in [3.8, 4) is 0 Å².